The maximum atomic E-state index is 14.0. The number of amides is 1. The van der Waals surface area contributed by atoms with Crippen LogP contribution in [0.3, 0.4) is 0 Å². The molecule has 1 saturated heterocycles. The predicted molar refractivity (Wildman–Crippen MR) is 153 cm³/mol. The summed E-state index contributed by atoms with van der Waals surface area (Å²) in [6.45, 7) is 6.82. The van der Waals surface area contributed by atoms with Crippen molar-refractivity contribution in [1.29, 1.82) is 0 Å². The predicted octanol–water partition coefficient (Wildman–Crippen LogP) is 5.79. The summed E-state index contributed by atoms with van der Waals surface area (Å²) >= 11 is 1.61. The van der Waals surface area contributed by atoms with Gasteiger partial charge in [0, 0.05) is 41.8 Å². The van der Waals surface area contributed by atoms with Crippen LogP contribution >= 0.6 is 11.3 Å². The van der Waals surface area contributed by atoms with Gasteiger partial charge in [-0.2, -0.15) is 5.10 Å². The van der Waals surface area contributed by atoms with Gasteiger partial charge in [0.25, 0.3) is 11.8 Å². The molecule has 1 unspecified atom stereocenters. The van der Waals surface area contributed by atoms with E-state index >= 15 is 0 Å². The van der Waals surface area contributed by atoms with Crippen LogP contribution in [0.1, 0.15) is 65.2 Å². The molecule has 204 valence electrons. The molecule has 0 aliphatic carbocycles. The van der Waals surface area contributed by atoms with E-state index in [0.29, 0.717) is 35.1 Å². The minimum absolute atomic E-state index is 0.0325. The number of pyridine rings is 1. The Morgan fingerprint density at radius 3 is 2.60 bits per heavy atom. The Morgan fingerprint density at radius 1 is 1.07 bits per heavy atom. The lowest BCUT2D eigenvalue weighted by Crippen LogP contribution is -2.30. The third-order valence-corrected chi connectivity index (χ3v) is 8.26. The monoisotopic (exact) mass is 553 g/mol. The van der Waals surface area contributed by atoms with E-state index in [4.69, 9.17) is 9.40 Å². The summed E-state index contributed by atoms with van der Waals surface area (Å²) in [5.41, 5.74) is 3.96. The largest absolute Gasteiger partial charge is 0.419 e. The van der Waals surface area contributed by atoms with E-state index < -0.39 is 5.41 Å². The van der Waals surface area contributed by atoms with Crippen LogP contribution in [0.15, 0.2) is 64.5 Å². The molecule has 10 heteroatoms. The second-order valence-corrected chi connectivity index (χ2v) is 11.8. The van der Waals surface area contributed by atoms with Crippen molar-refractivity contribution >= 4 is 17.2 Å². The van der Waals surface area contributed by atoms with Crippen molar-refractivity contribution in [2.45, 2.75) is 51.5 Å². The topological polar surface area (TPSA) is 103 Å². The Balaban J connectivity index is 1.36. The highest BCUT2D eigenvalue weighted by atomic mass is 32.1. The molecule has 1 aromatic carbocycles. The zero-order chi connectivity index (χ0) is 27.9. The lowest BCUT2D eigenvalue weighted by molar-refractivity contribution is 0.0735. The second-order valence-electron chi connectivity index (χ2n) is 10.9. The molecule has 1 aliphatic rings. The number of hydrogen-bond donors (Lipinski definition) is 0. The van der Waals surface area contributed by atoms with Crippen LogP contribution in [0.5, 0.6) is 0 Å². The average Bonchev–Trinajstić information content (AvgIpc) is 3.75. The molecule has 5 heterocycles. The smallest absolute Gasteiger partial charge is 0.266 e. The molecule has 9 nitrogen and oxygen atoms in total. The van der Waals surface area contributed by atoms with Gasteiger partial charge in [0.05, 0.1) is 11.7 Å². The lowest BCUT2D eigenvalue weighted by Gasteiger charge is -2.23. The number of nitrogens with zero attached hydrogens (tertiary/aromatic N) is 7. The summed E-state index contributed by atoms with van der Waals surface area (Å²) < 4.78 is 7.92. The molecule has 5 aromatic rings. The first kappa shape index (κ1) is 26.1. The summed E-state index contributed by atoms with van der Waals surface area (Å²) in [6, 6.07) is 15.6. The highest BCUT2D eigenvalue weighted by Crippen LogP contribution is 2.36. The minimum atomic E-state index is -0.390. The van der Waals surface area contributed by atoms with Crippen molar-refractivity contribution in [3.05, 3.63) is 87.8 Å². The Hall–Kier alpha value is -4.18. The van der Waals surface area contributed by atoms with Crippen molar-refractivity contribution in [2.75, 3.05) is 6.54 Å². The zero-order valence-electron chi connectivity index (χ0n) is 23.0. The average molecular weight is 554 g/mol. The van der Waals surface area contributed by atoms with Gasteiger partial charge in [-0.15, -0.1) is 21.5 Å². The highest BCUT2D eigenvalue weighted by molar-refractivity contribution is 7.09. The molecule has 40 heavy (non-hydrogen) atoms. The number of benzene rings is 1. The quantitative estimate of drug-likeness (QED) is 0.251. The van der Waals surface area contributed by atoms with Gasteiger partial charge >= 0.3 is 0 Å². The van der Waals surface area contributed by atoms with Crippen molar-refractivity contribution in [1.82, 2.24) is 34.8 Å². The van der Waals surface area contributed by atoms with Crippen LogP contribution in [-0.4, -0.2) is 47.3 Å². The molecule has 1 aliphatic heterocycles. The minimum Gasteiger partial charge on any atom is -0.419 e. The normalized spacial score (nSPS) is 15.6. The molecule has 0 radical (unpaired) electrons. The Bertz CT molecular complexity index is 1650. The standard InChI is InChI=1S/C30H31N7O2S/c1-19-18-40-27(31-19)25-11-8-13-37(25)28(38)21-15-23(22-12-14-36(4)35-22)32-24(16-21)26-33-34-29(39-26)30(2,3)17-20-9-6-5-7-10-20/h5-7,9-10,12,14-16,18,25H,8,11,13,17H2,1-4H3. The van der Waals surface area contributed by atoms with E-state index in [2.05, 4.69) is 46.3 Å². The van der Waals surface area contributed by atoms with E-state index in [1.807, 2.05) is 54.7 Å². The molecular formula is C30H31N7O2S. The lowest BCUT2D eigenvalue weighted by atomic mass is 9.86. The molecule has 1 fully saturated rings. The van der Waals surface area contributed by atoms with Crippen molar-refractivity contribution < 1.29 is 9.21 Å². The first-order valence-corrected chi connectivity index (χ1v) is 14.3. The van der Waals surface area contributed by atoms with Gasteiger partial charge in [-0.05, 0) is 49.9 Å². The number of rotatable bonds is 7. The molecule has 1 amide bonds. The molecular weight excluding hydrogens is 522 g/mol. The molecule has 0 bridgehead atoms. The molecule has 0 N–H and O–H groups in total. The summed E-state index contributed by atoms with van der Waals surface area (Å²) in [4.78, 5) is 25.4. The zero-order valence-corrected chi connectivity index (χ0v) is 23.9. The highest BCUT2D eigenvalue weighted by Gasteiger charge is 2.34. The number of likely N-dealkylation sites (tertiary alicyclic amines) is 1. The van der Waals surface area contributed by atoms with Crippen LogP contribution in [0.4, 0.5) is 0 Å². The number of carbonyl (C=O) groups is 1. The molecule has 4 aromatic heterocycles. The van der Waals surface area contributed by atoms with Crippen LogP contribution in [-0.2, 0) is 18.9 Å². The van der Waals surface area contributed by atoms with Gasteiger partial charge in [-0.1, -0.05) is 44.2 Å². The van der Waals surface area contributed by atoms with E-state index in [1.54, 1.807) is 28.2 Å². The van der Waals surface area contributed by atoms with Crippen molar-refractivity contribution in [3.8, 4) is 23.0 Å². The molecule has 0 saturated carbocycles. The van der Waals surface area contributed by atoms with E-state index in [-0.39, 0.29) is 17.8 Å². The first-order valence-electron chi connectivity index (χ1n) is 13.4. The molecule has 1 atom stereocenters. The van der Waals surface area contributed by atoms with Crippen molar-refractivity contribution in [2.24, 2.45) is 7.05 Å². The van der Waals surface area contributed by atoms with Gasteiger partial charge < -0.3 is 9.32 Å². The summed E-state index contributed by atoms with van der Waals surface area (Å²) in [5, 5.41) is 16.3. The Labute approximate surface area is 236 Å². The van der Waals surface area contributed by atoms with Gasteiger partial charge in [0.1, 0.15) is 16.4 Å². The van der Waals surface area contributed by atoms with Gasteiger partial charge in [-0.25, -0.2) is 9.97 Å². The number of aromatic nitrogens is 6. The van der Waals surface area contributed by atoms with E-state index in [9.17, 15) is 4.79 Å². The third kappa shape index (κ3) is 5.19. The van der Waals surface area contributed by atoms with E-state index in [0.717, 1.165) is 30.0 Å². The number of carbonyl (C=O) groups excluding carboxylic acids is 1. The van der Waals surface area contributed by atoms with Crippen LogP contribution < -0.4 is 0 Å². The van der Waals surface area contributed by atoms with Gasteiger partial charge in [-0.3, -0.25) is 9.48 Å². The maximum absolute atomic E-state index is 14.0. The SMILES string of the molecule is Cc1csc(C2CCCN2C(=O)c2cc(-c3ccn(C)n3)nc(-c3nnc(C(C)(C)Cc4ccccc4)o3)c2)n1. The van der Waals surface area contributed by atoms with E-state index in [1.165, 1.54) is 5.56 Å². The number of thiazole rings is 1. The first-order chi connectivity index (χ1) is 19.3. The molecule has 6 rings (SSSR count). The fourth-order valence-corrected chi connectivity index (χ4v) is 6.13. The fourth-order valence-electron chi connectivity index (χ4n) is 5.19. The van der Waals surface area contributed by atoms with Crippen molar-refractivity contribution in [3.63, 3.8) is 0 Å². The Kier molecular flexibility index (Phi) is 6.79. The number of hydrogen-bond acceptors (Lipinski definition) is 8. The molecule has 0 spiro atoms. The second kappa shape index (κ2) is 10.4. The summed E-state index contributed by atoms with van der Waals surface area (Å²) in [6.07, 6.45) is 4.42. The summed E-state index contributed by atoms with van der Waals surface area (Å²) in [7, 11) is 1.85. The Morgan fingerprint density at radius 2 is 1.88 bits per heavy atom. The van der Waals surface area contributed by atoms with Gasteiger partial charge in [0.15, 0.2) is 0 Å². The number of aryl methyl sites for hydroxylation is 2. The summed E-state index contributed by atoms with van der Waals surface area (Å²) in [5.74, 6) is 0.722. The van der Waals surface area contributed by atoms with Crippen LogP contribution in [0.25, 0.3) is 23.0 Å². The fraction of sp³-hybridized carbons (Fsp3) is 0.333. The van der Waals surface area contributed by atoms with Gasteiger partial charge in [0.2, 0.25) is 5.89 Å². The van der Waals surface area contributed by atoms with Crippen LogP contribution in [0, 0.1) is 6.92 Å². The van der Waals surface area contributed by atoms with Crippen LogP contribution in [0.2, 0.25) is 0 Å². The maximum Gasteiger partial charge on any atom is 0.266 e. The third-order valence-electron chi connectivity index (χ3n) is 7.20.